The molecule has 1 saturated carbocycles. The van der Waals surface area contributed by atoms with E-state index in [9.17, 15) is 23.7 Å². The van der Waals surface area contributed by atoms with Crippen molar-refractivity contribution < 1.29 is 46.8 Å². The number of nitrogens with one attached hydrogen (secondary N) is 2. The number of phosphoric ester groups is 1. The molecule has 0 bridgehead atoms. The third kappa shape index (κ3) is 10.1. The van der Waals surface area contributed by atoms with E-state index in [0.717, 1.165) is 24.6 Å². The van der Waals surface area contributed by atoms with Crippen LogP contribution < -0.4 is 10.6 Å². The molecule has 4 atom stereocenters. The lowest BCUT2D eigenvalue weighted by Crippen LogP contribution is -2.50. The zero-order valence-electron chi connectivity index (χ0n) is 21.2. The second-order valence-corrected chi connectivity index (χ2v) is 12.3. The maximum absolute atomic E-state index is 12.9. The SMILES string of the molecule is COC1CCCC(C(=O)OCOP2(=O)OCC(C)(C)[C@H](C(=O)NCCC(=O)NCCSC(C)=O)O2)C1. The second kappa shape index (κ2) is 14.4. The zero-order valence-corrected chi connectivity index (χ0v) is 23.0. The number of methoxy groups -OCH3 is 1. The molecule has 1 aliphatic carbocycles. The molecule has 2 rings (SSSR count). The van der Waals surface area contributed by atoms with Gasteiger partial charge in [0.2, 0.25) is 18.6 Å². The van der Waals surface area contributed by atoms with Gasteiger partial charge in [0.1, 0.15) is 0 Å². The predicted octanol–water partition coefficient (Wildman–Crippen LogP) is 2.16. The Morgan fingerprint density at radius 2 is 1.89 bits per heavy atom. The number of hydrogen-bond acceptors (Lipinski definition) is 11. The molecule has 14 heteroatoms. The van der Waals surface area contributed by atoms with E-state index in [1.807, 2.05) is 0 Å². The Morgan fingerprint density at radius 1 is 1.14 bits per heavy atom. The molecule has 1 aliphatic heterocycles. The van der Waals surface area contributed by atoms with Gasteiger partial charge in [0.25, 0.3) is 0 Å². The highest BCUT2D eigenvalue weighted by atomic mass is 32.2. The van der Waals surface area contributed by atoms with Crippen LogP contribution >= 0.6 is 19.6 Å². The number of esters is 1. The van der Waals surface area contributed by atoms with E-state index < -0.39 is 38.0 Å². The van der Waals surface area contributed by atoms with Gasteiger partial charge in [-0.2, -0.15) is 0 Å². The number of phosphoric acid groups is 1. The Hall–Kier alpha value is -1.50. The normalized spacial score (nSPS) is 27.6. The molecular formula is C22H37N2O10PS. The van der Waals surface area contributed by atoms with Crippen molar-refractivity contribution in [1.29, 1.82) is 0 Å². The van der Waals surface area contributed by atoms with Gasteiger partial charge >= 0.3 is 13.8 Å². The summed E-state index contributed by atoms with van der Waals surface area (Å²) in [5, 5.41) is 5.23. The van der Waals surface area contributed by atoms with Crippen LogP contribution in [0.1, 0.15) is 52.9 Å². The summed E-state index contributed by atoms with van der Waals surface area (Å²) in [6.45, 7) is 4.50. The summed E-state index contributed by atoms with van der Waals surface area (Å²) in [4.78, 5) is 47.8. The molecule has 2 N–H and O–H groups in total. The Balaban J connectivity index is 1.77. The van der Waals surface area contributed by atoms with Crippen LogP contribution in [-0.2, 0) is 46.8 Å². The summed E-state index contributed by atoms with van der Waals surface area (Å²) >= 11 is 1.11. The Morgan fingerprint density at radius 3 is 2.58 bits per heavy atom. The number of carbonyl (C=O) groups is 4. The van der Waals surface area contributed by atoms with Crippen LogP contribution in [0.5, 0.6) is 0 Å². The van der Waals surface area contributed by atoms with Gasteiger partial charge in [-0.05, 0) is 19.3 Å². The summed E-state index contributed by atoms with van der Waals surface area (Å²) in [6, 6.07) is 0. The third-order valence-electron chi connectivity index (χ3n) is 5.86. The van der Waals surface area contributed by atoms with Gasteiger partial charge < -0.3 is 20.1 Å². The smallest absolute Gasteiger partial charge is 0.438 e. The number of carbonyl (C=O) groups excluding carboxylic acids is 4. The molecule has 12 nitrogen and oxygen atoms in total. The molecule has 2 aliphatic rings. The first-order valence-electron chi connectivity index (χ1n) is 11.9. The van der Waals surface area contributed by atoms with Crippen molar-refractivity contribution in [2.45, 2.75) is 65.1 Å². The van der Waals surface area contributed by atoms with Crippen LogP contribution in [0.2, 0.25) is 0 Å². The summed E-state index contributed by atoms with van der Waals surface area (Å²) < 4.78 is 39.2. The third-order valence-corrected chi connectivity index (χ3v) is 8.01. The summed E-state index contributed by atoms with van der Waals surface area (Å²) in [5.74, 6) is -1.19. The molecular weight excluding hydrogens is 515 g/mol. The molecule has 36 heavy (non-hydrogen) atoms. The van der Waals surface area contributed by atoms with Crippen molar-refractivity contribution in [3.05, 3.63) is 0 Å². The molecule has 0 aromatic rings. The topological polar surface area (TPSA) is 156 Å². The fourth-order valence-electron chi connectivity index (χ4n) is 3.80. The standard InChI is InChI=1S/C22H37N2O10PS/c1-15(25)36-11-10-23-18(26)8-9-24-20(27)19-22(2,3)13-32-35(29,34-19)33-14-31-21(28)16-6-5-7-17(12-16)30-4/h16-17,19H,5-14H2,1-4H3,(H,23,26)(H,24,27)/t16?,17?,19-,35?/m0/s1. The van der Waals surface area contributed by atoms with Gasteiger partial charge in [-0.25, -0.2) is 9.09 Å². The molecule has 0 aromatic heterocycles. The van der Waals surface area contributed by atoms with E-state index in [2.05, 4.69) is 10.6 Å². The average Bonchev–Trinajstić information content (AvgIpc) is 2.83. The largest absolute Gasteiger partial charge is 0.478 e. The van der Waals surface area contributed by atoms with Gasteiger partial charge in [0.05, 0.1) is 18.6 Å². The highest BCUT2D eigenvalue weighted by Crippen LogP contribution is 2.57. The lowest BCUT2D eigenvalue weighted by atomic mass is 9.87. The zero-order chi connectivity index (χ0) is 26.8. The predicted molar refractivity (Wildman–Crippen MR) is 131 cm³/mol. The summed E-state index contributed by atoms with van der Waals surface area (Å²) in [7, 11) is -2.56. The van der Waals surface area contributed by atoms with Crippen molar-refractivity contribution in [1.82, 2.24) is 10.6 Å². The van der Waals surface area contributed by atoms with E-state index in [-0.39, 0.29) is 42.6 Å². The van der Waals surface area contributed by atoms with Crippen molar-refractivity contribution in [2.75, 3.05) is 39.4 Å². The lowest BCUT2D eigenvalue weighted by Gasteiger charge is -2.39. The minimum Gasteiger partial charge on any atom is -0.438 e. The van der Waals surface area contributed by atoms with Gasteiger partial charge in [-0.15, -0.1) is 0 Å². The fourth-order valence-corrected chi connectivity index (χ4v) is 5.80. The van der Waals surface area contributed by atoms with E-state index in [0.29, 0.717) is 25.1 Å². The molecule has 3 unspecified atom stereocenters. The fraction of sp³-hybridized carbons (Fsp3) is 0.818. The van der Waals surface area contributed by atoms with Crippen molar-refractivity contribution in [2.24, 2.45) is 11.3 Å². The average molecular weight is 553 g/mol. The van der Waals surface area contributed by atoms with Gasteiger partial charge in [-0.3, -0.25) is 28.2 Å². The highest BCUT2D eigenvalue weighted by molar-refractivity contribution is 8.13. The summed E-state index contributed by atoms with van der Waals surface area (Å²) in [6.07, 6.45) is 1.80. The lowest BCUT2D eigenvalue weighted by molar-refractivity contribution is -0.162. The van der Waals surface area contributed by atoms with Crippen LogP contribution in [-0.4, -0.2) is 74.5 Å². The second-order valence-electron chi connectivity index (χ2n) is 9.36. The molecule has 1 saturated heterocycles. The van der Waals surface area contributed by atoms with Crippen LogP contribution in [0.15, 0.2) is 0 Å². The first kappa shape index (κ1) is 30.7. The summed E-state index contributed by atoms with van der Waals surface area (Å²) in [5.41, 5.74) is -0.832. The van der Waals surface area contributed by atoms with Crippen molar-refractivity contribution >= 4 is 42.5 Å². The van der Waals surface area contributed by atoms with E-state index in [4.69, 9.17) is 23.0 Å². The Bertz CT molecular complexity index is 840. The number of rotatable bonds is 12. The quantitative estimate of drug-likeness (QED) is 0.158. The maximum atomic E-state index is 12.9. The Labute approximate surface area is 215 Å². The van der Waals surface area contributed by atoms with E-state index in [1.165, 1.54) is 6.92 Å². The minimum atomic E-state index is -4.17. The number of ether oxygens (including phenoxy) is 2. The molecule has 0 radical (unpaired) electrons. The van der Waals surface area contributed by atoms with Crippen LogP contribution in [0.3, 0.4) is 0 Å². The Kier molecular flexibility index (Phi) is 12.3. The molecule has 2 fully saturated rings. The monoisotopic (exact) mass is 552 g/mol. The van der Waals surface area contributed by atoms with E-state index in [1.54, 1.807) is 21.0 Å². The van der Waals surface area contributed by atoms with Gasteiger partial charge in [0, 0.05) is 44.7 Å². The number of hydrogen-bond donors (Lipinski definition) is 2. The number of thioether (sulfide) groups is 1. The van der Waals surface area contributed by atoms with Crippen molar-refractivity contribution in [3.8, 4) is 0 Å². The van der Waals surface area contributed by atoms with Gasteiger partial charge in [-0.1, -0.05) is 32.0 Å². The highest BCUT2D eigenvalue weighted by Gasteiger charge is 2.49. The van der Waals surface area contributed by atoms with Crippen LogP contribution in [0.25, 0.3) is 0 Å². The maximum Gasteiger partial charge on any atom is 0.478 e. The van der Waals surface area contributed by atoms with Gasteiger partial charge in [0.15, 0.2) is 11.2 Å². The van der Waals surface area contributed by atoms with Crippen molar-refractivity contribution in [3.63, 3.8) is 0 Å². The van der Waals surface area contributed by atoms with E-state index >= 15 is 0 Å². The number of amides is 2. The molecule has 1 heterocycles. The molecule has 2 amide bonds. The molecule has 0 aromatic carbocycles. The van der Waals surface area contributed by atoms with Crippen LogP contribution in [0.4, 0.5) is 0 Å². The first-order chi connectivity index (χ1) is 17.0. The minimum absolute atomic E-state index is 0.00103. The first-order valence-corrected chi connectivity index (χ1v) is 14.3. The van der Waals surface area contributed by atoms with Crippen LogP contribution in [0, 0.1) is 11.3 Å². The molecule has 206 valence electrons. The molecule has 0 spiro atoms.